The third-order valence-corrected chi connectivity index (χ3v) is 3.06. The topological polar surface area (TPSA) is 62.2 Å². The lowest BCUT2D eigenvalue weighted by Crippen LogP contribution is -2.26. The predicted octanol–water partition coefficient (Wildman–Crippen LogP) is 2.01. The van der Waals surface area contributed by atoms with Gasteiger partial charge in [0.25, 0.3) is 0 Å². The van der Waals surface area contributed by atoms with Crippen molar-refractivity contribution in [3.63, 3.8) is 0 Å². The normalized spacial score (nSPS) is 12.4. The van der Waals surface area contributed by atoms with Crippen LogP contribution in [0.3, 0.4) is 0 Å². The molecule has 0 radical (unpaired) electrons. The van der Waals surface area contributed by atoms with Crippen molar-refractivity contribution in [3.05, 3.63) is 29.6 Å². The molecule has 1 rings (SSSR count). The number of thioether (sulfide) groups is 1. The van der Waals surface area contributed by atoms with Gasteiger partial charge in [-0.2, -0.15) is 11.8 Å². The number of nitrogens with zero attached hydrogens (tertiary/aromatic N) is 1. The van der Waals surface area contributed by atoms with Crippen LogP contribution < -0.4 is 5.32 Å². The number of hydrogen-bond donors (Lipinski definition) is 2. The number of aromatic nitrogens is 1. The maximum Gasteiger partial charge on any atom is 0.354 e. The SMILES string of the molecule is CSCCC(C)NCc1cccc(C(=O)O)n1. The van der Waals surface area contributed by atoms with Gasteiger partial charge in [-0.05, 0) is 37.5 Å². The van der Waals surface area contributed by atoms with Crippen molar-refractivity contribution in [2.45, 2.75) is 25.9 Å². The molecule has 0 spiro atoms. The summed E-state index contributed by atoms with van der Waals surface area (Å²) in [6, 6.07) is 5.47. The van der Waals surface area contributed by atoms with Gasteiger partial charge in [-0.3, -0.25) is 0 Å². The van der Waals surface area contributed by atoms with Crippen LogP contribution in [0, 0.1) is 0 Å². The first-order valence-corrected chi connectivity index (χ1v) is 6.94. The number of hydrogen-bond acceptors (Lipinski definition) is 4. The molecule has 0 saturated heterocycles. The molecule has 2 N–H and O–H groups in total. The minimum Gasteiger partial charge on any atom is -0.477 e. The Bertz CT molecular complexity index is 371. The molecular formula is C12H18N2O2S. The molecule has 0 saturated carbocycles. The Kier molecular flexibility index (Phi) is 6.00. The van der Waals surface area contributed by atoms with Crippen LogP contribution in [0.5, 0.6) is 0 Å². The van der Waals surface area contributed by atoms with E-state index in [-0.39, 0.29) is 5.69 Å². The van der Waals surface area contributed by atoms with E-state index in [1.165, 1.54) is 6.07 Å². The number of carboxylic acids is 1. The quantitative estimate of drug-likeness (QED) is 0.779. The van der Waals surface area contributed by atoms with E-state index in [0.717, 1.165) is 17.9 Å². The molecule has 1 atom stereocenters. The number of aromatic carboxylic acids is 1. The second-order valence-corrected chi connectivity index (χ2v) is 4.87. The number of nitrogens with one attached hydrogen (secondary N) is 1. The Morgan fingerprint density at radius 3 is 3.00 bits per heavy atom. The van der Waals surface area contributed by atoms with E-state index in [1.54, 1.807) is 6.07 Å². The smallest absolute Gasteiger partial charge is 0.354 e. The fraction of sp³-hybridized carbons (Fsp3) is 0.500. The molecule has 0 aliphatic heterocycles. The summed E-state index contributed by atoms with van der Waals surface area (Å²) < 4.78 is 0. The Balaban J connectivity index is 2.46. The molecule has 1 heterocycles. The van der Waals surface area contributed by atoms with Crippen LogP contribution in [-0.4, -0.2) is 34.1 Å². The first-order chi connectivity index (χ1) is 8.13. The van der Waals surface area contributed by atoms with Crippen molar-refractivity contribution < 1.29 is 9.90 Å². The summed E-state index contributed by atoms with van der Waals surface area (Å²) in [5.41, 5.74) is 0.863. The van der Waals surface area contributed by atoms with Crippen molar-refractivity contribution in [2.24, 2.45) is 0 Å². The highest BCUT2D eigenvalue weighted by Gasteiger charge is 2.06. The van der Waals surface area contributed by atoms with Crippen LogP contribution >= 0.6 is 11.8 Å². The first-order valence-electron chi connectivity index (χ1n) is 5.55. The van der Waals surface area contributed by atoms with Gasteiger partial charge in [-0.1, -0.05) is 6.07 Å². The molecule has 1 unspecified atom stereocenters. The Morgan fingerprint density at radius 2 is 2.35 bits per heavy atom. The van der Waals surface area contributed by atoms with E-state index in [4.69, 9.17) is 5.11 Å². The average Bonchev–Trinajstić information content (AvgIpc) is 2.34. The fourth-order valence-corrected chi connectivity index (χ4v) is 1.96. The zero-order valence-corrected chi connectivity index (χ0v) is 11.0. The second kappa shape index (κ2) is 7.29. The summed E-state index contributed by atoms with van der Waals surface area (Å²) in [6.07, 6.45) is 3.18. The van der Waals surface area contributed by atoms with Crippen LogP contribution in [-0.2, 0) is 6.54 Å². The van der Waals surface area contributed by atoms with Gasteiger partial charge in [0.05, 0.1) is 5.69 Å². The minimum atomic E-state index is -0.984. The highest BCUT2D eigenvalue weighted by Crippen LogP contribution is 2.03. The van der Waals surface area contributed by atoms with E-state index in [0.29, 0.717) is 12.6 Å². The van der Waals surface area contributed by atoms with Crippen molar-refractivity contribution in [2.75, 3.05) is 12.0 Å². The molecule has 94 valence electrons. The van der Waals surface area contributed by atoms with Gasteiger partial charge in [0.2, 0.25) is 0 Å². The van der Waals surface area contributed by atoms with E-state index < -0.39 is 5.97 Å². The summed E-state index contributed by atoms with van der Waals surface area (Å²) in [6.45, 7) is 2.73. The Hall–Kier alpha value is -1.07. The molecular weight excluding hydrogens is 236 g/mol. The van der Waals surface area contributed by atoms with Crippen LogP contribution in [0.4, 0.5) is 0 Å². The van der Waals surface area contributed by atoms with Crippen molar-refractivity contribution >= 4 is 17.7 Å². The zero-order valence-electron chi connectivity index (χ0n) is 10.1. The van der Waals surface area contributed by atoms with E-state index in [2.05, 4.69) is 23.5 Å². The second-order valence-electron chi connectivity index (χ2n) is 3.88. The third-order valence-electron chi connectivity index (χ3n) is 2.41. The molecule has 1 aromatic rings. The number of carboxylic acid groups (broad SMARTS) is 1. The van der Waals surface area contributed by atoms with Gasteiger partial charge < -0.3 is 10.4 Å². The van der Waals surface area contributed by atoms with Gasteiger partial charge in [-0.15, -0.1) is 0 Å². The number of rotatable bonds is 7. The number of carbonyl (C=O) groups is 1. The van der Waals surface area contributed by atoms with Gasteiger partial charge in [0.1, 0.15) is 5.69 Å². The van der Waals surface area contributed by atoms with Gasteiger partial charge in [0.15, 0.2) is 0 Å². The molecule has 0 amide bonds. The average molecular weight is 254 g/mol. The van der Waals surface area contributed by atoms with E-state index >= 15 is 0 Å². The highest BCUT2D eigenvalue weighted by molar-refractivity contribution is 7.98. The number of pyridine rings is 1. The van der Waals surface area contributed by atoms with Crippen LogP contribution in [0.15, 0.2) is 18.2 Å². The van der Waals surface area contributed by atoms with Gasteiger partial charge in [0, 0.05) is 12.6 Å². The molecule has 5 heteroatoms. The molecule has 0 aliphatic rings. The highest BCUT2D eigenvalue weighted by atomic mass is 32.2. The summed E-state index contributed by atoms with van der Waals surface area (Å²) in [5, 5.41) is 12.1. The molecule has 4 nitrogen and oxygen atoms in total. The summed E-state index contributed by atoms with van der Waals surface area (Å²) in [4.78, 5) is 14.8. The minimum absolute atomic E-state index is 0.0982. The molecule has 17 heavy (non-hydrogen) atoms. The van der Waals surface area contributed by atoms with Crippen molar-refractivity contribution in [3.8, 4) is 0 Å². The van der Waals surface area contributed by atoms with Crippen LogP contribution in [0.25, 0.3) is 0 Å². The largest absolute Gasteiger partial charge is 0.477 e. The van der Waals surface area contributed by atoms with E-state index in [9.17, 15) is 4.79 Å². The van der Waals surface area contributed by atoms with Gasteiger partial charge >= 0.3 is 5.97 Å². The summed E-state index contributed by atoms with van der Waals surface area (Å²) in [7, 11) is 0. The standard InChI is InChI=1S/C12H18N2O2S/c1-9(6-7-17-2)13-8-10-4-3-5-11(14-10)12(15)16/h3-5,9,13H,6-8H2,1-2H3,(H,15,16). The lowest BCUT2D eigenvalue weighted by molar-refractivity contribution is 0.0690. The first kappa shape index (κ1) is 14.0. The molecule has 0 aliphatic carbocycles. The molecule has 0 bridgehead atoms. The lowest BCUT2D eigenvalue weighted by Gasteiger charge is -2.12. The van der Waals surface area contributed by atoms with Crippen LogP contribution in [0.1, 0.15) is 29.5 Å². The van der Waals surface area contributed by atoms with Gasteiger partial charge in [-0.25, -0.2) is 9.78 Å². The molecule has 0 fully saturated rings. The molecule has 1 aromatic heterocycles. The summed E-state index contributed by atoms with van der Waals surface area (Å²) >= 11 is 1.82. The maximum absolute atomic E-state index is 10.7. The zero-order chi connectivity index (χ0) is 12.7. The van der Waals surface area contributed by atoms with Crippen molar-refractivity contribution in [1.29, 1.82) is 0 Å². The predicted molar refractivity (Wildman–Crippen MR) is 70.5 cm³/mol. The fourth-order valence-electron chi connectivity index (χ4n) is 1.37. The van der Waals surface area contributed by atoms with E-state index in [1.807, 2.05) is 17.8 Å². The Morgan fingerprint density at radius 1 is 1.59 bits per heavy atom. The monoisotopic (exact) mass is 254 g/mol. The third kappa shape index (κ3) is 5.19. The lowest BCUT2D eigenvalue weighted by atomic mass is 10.2. The maximum atomic E-state index is 10.7. The van der Waals surface area contributed by atoms with Crippen LogP contribution in [0.2, 0.25) is 0 Å². The Labute approximate surface area is 106 Å². The summed E-state index contributed by atoms with van der Waals surface area (Å²) in [5.74, 6) is 0.138. The molecule has 0 aromatic carbocycles. The van der Waals surface area contributed by atoms with Crippen molar-refractivity contribution in [1.82, 2.24) is 10.3 Å².